The van der Waals surface area contributed by atoms with Gasteiger partial charge in [0.05, 0.1) is 0 Å². The second-order valence-electron chi connectivity index (χ2n) is 9.46. The van der Waals surface area contributed by atoms with Crippen molar-refractivity contribution in [3.8, 4) is 11.4 Å². The first-order valence-corrected chi connectivity index (χ1v) is 12.3. The van der Waals surface area contributed by atoms with Gasteiger partial charge in [-0.15, -0.1) is 0 Å². The van der Waals surface area contributed by atoms with E-state index in [1.807, 2.05) is 18.5 Å². The quantitative estimate of drug-likeness (QED) is 0.447. The van der Waals surface area contributed by atoms with Gasteiger partial charge in [-0.2, -0.15) is 0 Å². The summed E-state index contributed by atoms with van der Waals surface area (Å²) in [7, 11) is 0. The molecule has 0 amide bonds. The molecule has 2 aliphatic rings. The Labute approximate surface area is 177 Å². The van der Waals surface area contributed by atoms with Crippen LogP contribution in [0.25, 0.3) is 11.4 Å². The molecule has 29 heavy (non-hydrogen) atoms. The first kappa shape index (κ1) is 20.6. The van der Waals surface area contributed by atoms with Crippen molar-refractivity contribution in [2.24, 2.45) is 5.92 Å². The Hall–Kier alpha value is -1.70. The average molecular weight is 391 g/mol. The number of nitrogens with zero attached hydrogens (tertiary/aromatic N) is 2. The van der Waals surface area contributed by atoms with Crippen LogP contribution in [0.15, 0.2) is 36.7 Å². The van der Waals surface area contributed by atoms with Gasteiger partial charge in [-0.1, -0.05) is 64.0 Å². The maximum atomic E-state index is 4.51. The number of hydrogen-bond acceptors (Lipinski definition) is 2. The van der Waals surface area contributed by atoms with Crippen molar-refractivity contribution in [2.75, 3.05) is 0 Å². The van der Waals surface area contributed by atoms with Crippen molar-refractivity contribution in [3.05, 3.63) is 47.8 Å². The predicted molar refractivity (Wildman–Crippen MR) is 122 cm³/mol. The molecule has 0 saturated heterocycles. The molecule has 2 aromatic rings. The maximum Gasteiger partial charge on any atom is 0.159 e. The summed E-state index contributed by atoms with van der Waals surface area (Å²) in [6, 6.07) is 9.08. The molecule has 0 bridgehead atoms. The summed E-state index contributed by atoms with van der Waals surface area (Å²) in [6.45, 7) is 2.31. The zero-order chi connectivity index (χ0) is 19.9. The molecule has 0 radical (unpaired) electrons. The third-order valence-corrected chi connectivity index (χ3v) is 7.46. The van der Waals surface area contributed by atoms with E-state index < -0.39 is 0 Å². The van der Waals surface area contributed by atoms with Crippen LogP contribution in [0.2, 0.25) is 0 Å². The van der Waals surface area contributed by atoms with Crippen molar-refractivity contribution in [1.29, 1.82) is 0 Å². The highest BCUT2D eigenvalue weighted by Gasteiger charge is 2.27. The number of unbranched alkanes of at least 4 members (excludes halogenated alkanes) is 2. The Bertz CT molecular complexity index is 740. The van der Waals surface area contributed by atoms with Gasteiger partial charge >= 0.3 is 0 Å². The Morgan fingerprint density at radius 2 is 1.52 bits per heavy atom. The SMILES string of the molecule is CCCCCC1CCC(c2ccc(-c3ncccn3)cc2C2CCCCC2)CC1. The normalized spacial score (nSPS) is 23.2. The van der Waals surface area contributed by atoms with E-state index in [-0.39, 0.29) is 0 Å². The summed E-state index contributed by atoms with van der Waals surface area (Å²) in [5.74, 6) is 3.36. The van der Waals surface area contributed by atoms with Gasteiger partial charge in [0, 0.05) is 18.0 Å². The minimum atomic E-state index is 0.740. The molecule has 4 rings (SSSR count). The molecule has 2 aliphatic carbocycles. The van der Waals surface area contributed by atoms with Gasteiger partial charge in [-0.25, -0.2) is 9.97 Å². The van der Waals surface area contributed by atoms with E-state index >= 15 is 0 Å². The number of hydrogen-bond donors (Lipinski definition) is 0. The maximum absolute atomic E-state index is 4.51. The molecule has 0 unspecified atom stereocenters. The van der Waals surface area contributed by atoms with E-state index in [1.165, 1.54) is 89.0 Å². The molecular weight excluding hydrogens is 352 g/mol. The molecule has 2 nitrogen and oxygen atoms in total. The first-order chi connectivity index (χ1) is 14.3. The highest BCUT2D eigenvalue weighted by atomic mass is 14.8. The molecule has 2 fully saturated rings. The highest BCUT2D eigenvalue weighted by Crippen LogP contribution is 2.44. The van der Waals surface area contributed by atoms with E-state index in [4.69, 9.17) is 0 Å². The lowest BCUT2D eigenvalue weighted by molar-refractivity contribution is 0.301. The summed E-state index contributed by atoms with van der Waals surface area (Å²) < 4.78 is 0. The highest BCUT2D eigenvalue weighted by molar-refractivity contribution is 5.58. The van der Waals surface area contributed by atoms with Crippen LogP contribution in [0.4, 0.5) is 0 Å². The topological polar surface area (TPSA) is 25.8 Å². The molecule has 1 aromatic heterocycles. The van der Waals surface area contributed by atoms with Gasteiger partial charge in [0.25, 0.3) is 0 Å². The molecule has 2 heteroatoms. The van der Waals surface area contributed by atoms with Crippen LogP contribution in [0.3, 0.4) is 0 Å². The fourth-order valence-electron chi connectivity index (χ4n) is 5.75. The number of benzene rings is 1. The van der Waals surface area contributed by atoms with Crippen molar-refractivity contribution in [3.63, 3.8) is 0 Å². The molecule has 2 saturated carbocycles. The van der Waals surface area contributed by atoms with E-state index in [0.29, 0.717) is 0 Å². The molecule has 1 heterocycles. The van der Waals surface area contributed by atoms with Gasteiger partial charge in [-0.3, -0.25) is 0 Å². The average Bonchev–Trinajstić information content (AvgIpc) is 2.80. The Balaban J connectivity index is 1.53. The lowest BCUT2D eigenvalue weighted by atomic mass is 9.72. The fourth-order valence-corrected chi connectivity index (χ4v) is 5.75. The summed E-state index contributed by atoms with van der Waals surface area (Å²) in [4.78, 5) is 9.02. The predicted octanol–water partition coefficient (Wildman–Crippen LogP) is 8.05. The summed E-state index contributed by atoms with van der Waals surface area (Å²) in [6.07, 6.45) is 21.9. The van der Waals surface area contributed by atoms with Crippen molar-refractivity contribution >= 4 is 0 Å². The summed E-state index contributed by atoms with van der Waals surface area (Å²) >= 11 is 0. The van der Waals surface area contributed by atoms with Crippen LogP contribution in [-0.4, -0.2) is 9.97 Å². The third kappa shape index (κ3) is 5.27. The van der Waals surface area contributed by atoms with E-state index in [2.05, 4.69) is 35.1 Å². The van der Waals surface area contributed by atoms with Crippen molar-refractivity contribution in [2.45, 2.75) is 102 Å². The molecular formula is C27H38N2. The molecule has 156 valence electrons. The van der Waals surface area contributed by atoms with Crippen LogP contribution >= 0.6 is 0 Å². The molecule has 0 spiro atoms. The molecule has 0 aliphatic heterocycles. The Kier molecular flexibility index (Phi) is 7.35. The van der Waals surface area contributed by atoms with E-state index in [1.54, 1.807) is 11.1 Å². The second kappa shape index (κ2) is 10.4. The number of rotatable bonds is 7. The Morgan fingerprint density at radius 3 is 2.24 bits per heavy atom. The van der Waals surface area contributed by atoms with E-state index in [0.717, 1.165) is 23.6 Å². The summed E-state index contributed by atoms with van der Waals surface area (Å²) in [5.41, 5.74) is 4.48. The van der Waals surface area contributed by atoms with Gasteiger partial charge in [0.2, 0.25) is 0 Å². The van der Waals surface area contributed by atoms with Crippen LogP contribution in [0.5, 0.6) is 0 Å². The standard InChI is InChI=1S/C27H38N2/c1-2-3-5-9-21-12-14-23(15-13-21)25-17-16-24(27-28-18-8-19-29-27)20-26(25)22-10-6-4-7-11-22/h8,16-23H,2-7,9-15H2,1H3. The minimum Gasteiger partial charge on any atom is -0.237 e. The van der Waals surface area contributed by atoms with Crippen molar-refractivity contribution in [1.82, 2.24) is 9.97 Å². The lowest BCUT2D eigenvalue weighted by Crippen LogP contribution is -2.16. The van der Waals surface area contributed by atoms with Crippen LogP contribution in [0, 0.1) is 5.92 Å². The second-order valence-corrected chi connectivity index (χ2v) is 9.46. The van der Waals surface area contributed by atoms with Gasteiger partial charge in [-0.05, 0) is 79.5 Å². The molecule has 0 atom stereocenters. The molecule has 0 N–H and O–H groups in total. The lowest BCUT2D eigenvalue weighted by Gasteiger charge is -2.33. The fraction of sp³-hybridized carbons (Fsp3) is 0.630. The van der Waals surface area contributed by atoms with Crippen molar-refractivity contribution < 1.29 is 0 Å². The monoisotopic (exact) mass is 390 g/mol. The minimum absolute atomic E-state index is 0.740. The van der Waals surface area contributed by atoms with Crippen LogP contribution in [-0.2, 0) is 0 Å². The van der Waals surface area contributed by atoms with Gasteiger partial charge in [0.15, 0.2) is 5.82 Å². The smallest absolute Gasteiger partial charge is 0.159 e. The zero-order valence-corrected chi connectivity index (χ0v) is 18.3. The van der Waals surface area contributed by atoms with Gasteiger partial charge in [0.1, 0.15) is 0 Å². The summed E-state index contributed by atoms with van der Waals surface area (Å²) in [5, 5.41) is 0. The van der Waals surface area contributed by atoms with Gasteiger partial charge < -0.3 is 0 Å². The third-order valence-electron chi connectivity index (χ3n) is 7.46. The van der Waals surface area contributed by atoms with Crippen LogP contribution < -0.4 is 0 Å². The first-order valence-electron chi connectivity index (χ1n) is 12.3. The molecule has 1 aromatic carbocycles. The largest absolute Gasteiger partial charge is 0.237 e. The van der Waals surface area contributed by atoms with E-state index in [9.17, 15) is 0 Å². The Morgan fingerprint density at radius 1 is 0.793 bits per heavy atom. The van der Waals surface area contributed by atoms with Crippen LogP contribution in [0.1, 0.15) is 113 Å². The number of aromatic nitrogens is 2. The zero-order valence-electron chi connectivity index (χ0n) is 18.3.